The predicted molar refractivity (Wildman–Crippen MR) is 115 cm³/mol. The molecule has 0 radical (unpaired) electrons. The van der Waals surface area contributed by atoms with Gasteiger partial charge in [-0.1, -0.05) is 11.6 Å². The van der Waals surface area contributed by atoms with Crippen molar-refractivity contribution in [1.29, 1.82) is 0 Å². The Bertz CT molecular complexity index is 1120. The van der Waals surface area contributed by atoms with Crippen LogP contribution in [-0.2, 0) is 11.3 Å². The van der Waals surface area contributed by atoms with Gasteiger partial charge in [-0.25, -0.2) is 4.68 Å². The molecule has 5 rings (SSSR count). The van der Waals surface area contributed by atoms with Gasteiger partial charge in [-0.2, -0.15) is 0 Å². The number of H-pyrrole nitrogens is 1. The van der Waals surface area contributed by atoms with E-state index in [1.165, 1.54) is 29.8 Å². The van der Waals surface area contributed by atoms with Gasteiger partial charge in [0.25, 0.3) is 5.56 Å². The van der Waals surface area contributed by atoms with E-state index in [-0.39, 0.29) is 11.6 Å². The Hall–Kier alpha value is -2.62. The number of pyridine rings is 1. The van der Waals surface area contributed by atoms with Crippen LogP contribution >= 0.6 is 0 Å². The number of benzene rings is 1. The molecule has 9 nitrogen and oxygen atoms in total. The number of rotatable bonds is 6. The molecule has 0 aliphatic carbocycles. The lowest BCUT2D eigenvalue weighted by Gasteiger charge is -2.36. The summed E-state index contributed by atoms with van der Waals surface area (Å²) in [6, 6.07) is 8.60. The van der Waals surface area contributed by atoms with Gasteiger partial charge in [0, 0.05) is 25.5 Å². The molecule has 2 aliphatic heterocycles. The lowest BCUT2D eigenvalue weighted by Crippen LogP contribution is -3.29. The zero-order valence-electron chi connectivity index (χ0n) is 18.2. The standard InChI is InChI=1S/C22H29N7O2/c1-15-5-6-19-16(12-15)13-18(22(30)23-19)20(21-24-25-26-29(21)10-11-31-2)28-9-8-27-7-3-4-17(27)14-28/h5-6,12-13,17,20H,3-4,7-11,14H2,1-2H3,(H,23,30)/p+2/t17-,20+/m1/s1. The van der Waals surface area contributed by atoms with Crippen molar-refractivity contribution in [2.24, 2.45) is 0 Å². The number of nitrogens with zero attached hydrogens (tertiary/aromatic N) is 4. The fourth-order valence-electron chi connectivity index (χ4n) is 5.42. The maximum absolute atomic E-state index is 13.3. The van der Waals surface area contributed by atoms with Gasteiger partial charge in [0.05, 0.1) is 25.3 Å². The van der Waals surface area contributed by atoms with Gasteiger partial charge in [0.1, 0.15) is 25.7 Å². The van der Waals surface area contributed by atoms with Gasteiger partial charge in [-0.05, 0) is 40.9 Å². The summed E-state index contributed by atoms with van der Waals surface area (Å²) in [6.45, 7) is 7.58. The average Bonchev–Trinajstić information content (AvgIpc) is 3.42. The van der Waals surface area contributed by atoms with Crippen molar-refractivity contribution in [2.45, 2.75) is 38.4 Å². The van der Waals surface area contributed by atoms with E-state index in [1.807, 2.05) is 18.2 Å². The molecule has 3 N–H and O–H groups in total. The number of aromatic nitrogens is 5. The van der Waals surface area contributed by atoms with E-state index in [1.54, 1.807) is 16.7 Å². The number of quaternary nitrogens is 2. The molecule has 0 amide bonds. The minimum atomic E-state index is -0.206. The third-order valence-corrected chi connectivity index (χ3v) is 6.98. The van der Waals surface area contributed by atoms with E-state index in [0.29, 0.717) is 19.2 Å². The van der Waals surface area contributed by atoms with Crippen LogP contribution in [0, 0.1) is 6.92 Å². The third-order valence-electron chi connectivity index (χ3n) is 6.98. The smallest absolute Gasteiger partial charge is 0.258 e. The summed E-state index contributed by atoms with van der Waals surface area (Å²) in [6.07, 6.45) is 2.55. The SMILES string of the molecule is COCCn1nnnc1[C@H](c1cc2cc(C)ccc2[nH]c1=O)[NH+]1CC[NH+]2CCC[C@@H]2C1. The molecule has 2 aliphatic rings. The van der Waals surface area contributed by atoms with Crippen LogP contribution in [0.4, 0.5) is 0 Å². The first-order valence-electron chi connectivity index (χ1n) is 11.2. The maximum Gasteiger partial charge on any atom is 0.258 e. The summed E-state index contributed by atoms with van der Waals surface area (Å²) in [5.41, 5.74) is 2.71. The number of nitrogens with one attached hydrogen (secondary N) is 3. The van der Waals surface area contributed by atoms with E-state index < -0.39 is 0 Å². The molecule has 0 bridgehead atoms. The van der Waals surface area contributed by atoms with E-state index in [2.05, 4.69) is 33.5 Å². The summed E-state index contributed by atoms with van der Waals surface area (Å²) in [4.78, 5) is 19.5. The molecule has 2 unspecified atom stereocenters. The lowest BCUT2D eigenvalue weighted by molar-refractivity contribution is -1.03. The van der Waals surface area contributed by atoms with Crippen LogP contribution in [0.3, 0.4) is 0 Å². The zero-order valence-corrected chi connectivity index (χ0v) is 18.2. The Morgan fingerprint density at radius 3 is 3.06 bits per heavy atom. The monoisotopic (exact) mass is 425 g/mol. The number of fused-ring (bicyclic) bond motifs is 2. The van der Waals surface area contributed by atoms with Crippen molar-refractivity contribution >= 4 is 10.9 Å². The van der Waals surface area contributed by atoms with Gasteiger partial charge < -0.3 is 19.5 Å². The van der Waals surface area contributed by atoms with Crippen LogP contribution in [0.5, 0.6) is 0 Å². The number of tetrazole rings is 1. The Kier molecular flexibility index (Phi) is 5.56. The predicted octanol–water partition coefficient (Wildman–Crippen LogP) is -1.50. The number of aromatic amines is 1. The summed E-state index contributed by atoms with van der Waals surface area (Å²) in [7, 11) is 1.67. The molecule has 9 heteroatoms. The fourth-order valence-corrected chi connectivity index (χ4v) is 5.42. The van der Waals surface area contributed by atoms with Gasteiger partial charge in [-0.15, -0.1) is 5.10 Å². The molecule has 2 fully saturated rings. The second-order valence-corrected chi connectivity index (χ2v) is 8.94. The fraction of sp³-hybridized carbons (Fsp3) is 0.545. The zero-order chi connectivity index (χ0) is 21.4. The van der Waals surface area contributed by atoms with E-state index >= 15 is 0 Å². The molecule has 0 saturated carbocycles. The number of hydrogen-bond acceptors (Lipinski definition) is 5. The molecular formula is C22H31N7O2+2. The molecule has 2 saturated heterocycles. The number of ether oxygens (including phenoxy) is 1. The summed E-state index contributed by atoms with van der Waals surface area (Å²) in [5.74, 6) is 0.742. The van der Waals surface area contributed by atoms with Crippen LogP contribution in [0.1, 0.15) is 35.8 Å². The minimum Gasteiger partial charge on any atom is -0.383 e. The number of piperazine rings is 1. The molecular weight excluding hydrogens is 394 g/mol. The Balaban J connectivity index is 1.60. The first-order valence-corrected chi connectivity index (χ1v) is 11.2. The number of hydrogen-bond donors (Lipinski definition) is 3. The topological polar surface area (TPSA) is 94.6 Å². The maximum atomic E-state index is 13.3. The van der Waals surface area contributed by atoms with Crippen molar-refractivity contribution in [2.75, 3.05) is 39.9 Å². The summed E-state index contributed by atoms with van der Waals surface area (Å²) >= 11 is 0. The molecule has 4 heterocycles. The highest BCUT2D eigenvalue weighted by atomic mass is 16.5. The van der Waals surface area contributed by atoms with Crippen LogP contribution in [-0.4, -0.2) is 71.1 Å². The second-order valence-electron chi connectivity index (χ2n) is 8.94. The molecule has 2 aromatic heterocycles. The highest BCUT2D eigenvalue weighted by Crippen LogP contribution is 2.20. The summed E-state index contributed by atoms with van der Waals surface area (Å²) < 4.78 is 7.06. The number of aryl methyl sites for hydroxylation is 1. The highest BCUT2D eigenvalue weighted by Gasteiger charge is 2.43. The van der Waals surface area contributed by atoms with Crippen LogP contribution in [0.15, 0.2) is 29.1 Å². The van der Waals surface area contributed by atoms with E-state index in [4.69, 9.17) is 4.74 Å². The Morgan fingerprint density at radius 1 is 1.29 bits per heavy atom. The lowest BCUT2D eigenvalue weighted by atomic mass is 10.0. The molecule has 3 aromatic rings. The molecule has 0 spiro atoms. The largest absolute Gasteiger partial charge is 0.383 e. The van der Waals surface area contributed by atoms with Crippen LogP contribution in [0.25, 0.3) is 10.9 Å². The molecule has 31 heavy (non-hydrogen) atoms. The quantitative estimate of drug-likeness (QED) is 0.447. The van der Waals surface area contributed by atoms with Crippen LogP contribution < -0.4 is 15.4 Å². The molecule has 164 valence electrons. The van der Waals surface area contributed by atoms with Gasteiger partial charge >= 0.3 is 0 Å². The van der Waals surface area contributed by atoms with E-state index in [0.717, 1.165) is 41.9 Å². The van der Waals surface area contributed by atoms with Crippen molar-refractivity contribution in [3.05, 3.63) is 51.6 Å². The molecule has 4 atom stereocenters. The normalized spacial score (nSPS) is 24.4. The minimum absolute atomic E-state index is 0.0589. The van der Waals surface area contributed by atoms with Crippen molar-refractivity contribution in [3.63, 3.8) is 0 Å². The van der Waals surface area contributed by atoms with Gasteiger partial charge in [-0.3, -0.25) is 4.79 Å². The Labute approximate surface area is 181 Å². The van der Waals surface area contributed by atoms with Gasteiger partial charge in [0.15, 0.2) is 6.04 Å². The van der Waals surface area contributed by atoms with Gasteiger partial charge in [0.2, 0.25) is 5.82 Å². The first-order chi connectivity index (χ1) is 15.1. The van der Waals surface area contributed by atoms with Crippen molar-refractivity contribution in [1.82, 2.24) is 25.2 Å². The van der Waals surface area contributed by atoms with Crippen molar-refractivity contribution in [3.8, 4) is 0 Å². The average molecular weight is 426 g/mol. The Morgan fingerprint density at radius 2 is 2.19 bits per heavy atom. The summed E-state index contributed by atoms with van der Waals surface area (Å²) in [5, 5.41) is 13.6. The van der Waals surface area contributed by atoms with Crippen molar-refractivity contribution < 1.29 is 14.5 Å². The third kappa shape index (κ3) is 3.88. The van der Waals surface area contributed by atoms with E-state index in [9.17, 15) is 4.79 Å². The second kappa shape index (κ2) is 8.49. The van der Waals surface area contributed by atoms with Crippen LogP contribution in [0.2, 0.25) is 0 Å². The first kappa shape index (κ1) is 20.3. The number of methoxy groups -OCH3 is 1. The highest BCUT2D eigenvalue weighted by molar-refractivity contribution is 5.79. The molecule has 1 aromatic carbocycles.